The van der Waals surface area contributed by atoms with Crippen LogP contribution >= 0.6 is 35.1 Å². The summed E-state index contributed by atoms with van der Waals surface area (Å²) in [4.78, 5) is 5.66. The van der Waals surface area contributed by atoms with Crippen LogP contribution in [0.4, 0.5) is 5.69 Å². The third-order valence-corrected chi connectivity index (χ3v) is 7.63. The molecule has 0 unspecified atom stereocenters. The van der Waals surface area contributed by atoms with Gasteiger partial charge in [0.1, 0.15) is 12.3 Å². The second-order valence-corrected chi connectivity index (χ2v) is 9.48. The molecule has 0 saturated carbocycles. The molecule has 1 aromatic carbocycles. The molecule has 0 aromatic heterocycles. The highest BCUT2D eigenvalue weighted by molar-refractivity contribution is 8.00. The van der Waals surface area contributed by atoms with Crippen molar-refractivity contribution in [1.29, 1.82) is 0 Å². The van der Waals surface area contributed by atoms with E-state index < -0.39 is 12.2 Å². The molecule has 0 spiro atoms. The Labute approximate surface area is 175 Å². The average molecular weight is 433 g/mol. The first-order chi connectivity index (χ1) is 13.0. The number of aliphatic hydroxyl groups is 2. The van der Waals surface area contributed by atoms with E-state index in [-0.39, 0.29) is 17.6 Å². The molecule has 5 nitrogen and oxygen atoms in total. The van der Waals surface area contributed by atoms with Gasteiger partial charge < -0.3 is 24.7 Å². The summed E-state index contributed by atoms with van der Waals surface area (Å²) < 4.78 is 6.34. The monoisotopic (exact) mass is 432 g/mol. The van der Waals surface area contributed by atoms with Crippen LogP contribution in [0.25, 0.3) is 0 Å². The molecule has 3 rings (SSSR count). The molecule has 2 N–H and O–H groups in total. The van der Waals surface area contributed by atoms with Crippen molar-refractivity contribution in [3.63, 3.8) is 0 Å². The minimum atomic E-state index is -0.871. The van der Waals surface area contributed by atoms with Gasteiger partial charge >= 0.3 is 0 Å². The summed E-state index contributed by atoms with van der Waals surface area (Å²) in [5.41, 5.74) is 1.05. The van der Waals surface area contributed by atoms with E-state index >= 15 is 0 Å². The highest BCUT2D eigenvalue weighted by Gasteiger charge is 2.49. The highest BCUT2D eigenvalue weighted by Crippen LogP contribution is 2.47. The minimum Gasteiger partial charge on any atom is -0.389 e. The second-order valence-electron chi connectivity index (χ2n) is 6.92. The van der Waals surface area contributed by atoms with E-state index in [1.807, 2.05) is 24.5 Å². The van der Waals surface area contributed by atoms with Gasteiger partial charge in [0.2, 0.25) is 0 Å². The summed E-state index contributed by atoms with van der Waals surface area (Å²) >= 11 is 9.48. The van der Waals surface area contributed by atoms with Crippen molar-refractivity contribution in [2.24, 2.45) is 0 Å². The smallest absolute Gasteiger partial charge is 0.145 e. The van der Waals surface area contributed by atoms with Crippen LogP contribution in [0.3, 0.4) is 0 Å². The third kappa shape index (κ3) is 4.55. The van der Waals surface area contributed by atoms with Crippen molar-refractivity contribution >= 4 is 40.8 Å². The van der Waals surface area contributed by atoms with Gasteiger partial charge in [0.05, 0.1) is 23.1 Å². The van der Waals surface area contributed by atoms with Crippen LogP contribution in [0.5, 0.6) is 0 Å². The molecule has 0 amide bonds. The lowest BCUT2D eigenvalue weighted by Crippen LogP contribution is -2.63. The number of thioether (sulfide) groups is 2. The number of rotatable bonds is 7. The summed E-state index contributed by atoms with van der Waals surface area (Å²) in [6, 6.07) is 5.85. The summed E-state index contributed by atoms with van der Waals surface area (Å²) in [5, 5.41) is 21.8. The van der Waals surface area contributed by atoms with E-state index in [0.29, 0.717) is 10.8 Å². The van der Waals surface area contributed by atoms with Gasteiger partial charge in [-0.15, -0.1) is 11.8 Å². The average Bonchev–Trinajstić information content (AvgIpc) is 2.67. The predicted molar refractivity (Wildman–Crippen MR) is 115 cm³/mol. The number of anilines is 1. The molecule has 1 aromatic rings. The SMILES string of the molecule is CCN(CC)CCN1c2cc(Cl)ccc2S[C@H]2[C@@H](O)[C@H](O)[C@@H](CSC)O[C@H]21. The Morgan fingerprint density at radius 2 is 2.00 bits per heavy atom. The quantitative estimate of drug-likeness (QED) is 0.687. The number of halogens is 1. The van der Waals surface area contributed by atoms with Gasteiger partial charge in [0, 0.05) is 28.8 Å². The fraction of sp³-hybridized carbons (Fsp3) is 0.684. The molecule has 2 aliphatic rings. The number of fused-ring (bicyclic) bond motifs is 2. The lowest BCUT2D eigenvalue weighted by molar-refractivity contribution is -0.155. The van der Waals surface area contributed by atoms with Crippen LogP contribution in [0.1, 0.15) is 13.8 Å². The van der Waals surface area contributed by atoms with E-state index in [2.05, 4.69) is 23.6 Å². The number of likely N-dealkylation sites (N-methyl/N-ethyl adjacent to an activating group) is 1. The first kappa shape index (κ1) is 21.6. The number of hydrogen-bond donors (Lipinski definition) is 2. The second kappa shape index (κ2) is 9.57. The van der Waals surface area contributed by atoms with Crippen LogP contribution in [-0.4, -0.2) is 83.1 Å². The van der Waals surface area contributed by atoms with Crippen molar-refractivity contribution in [3.05, 3.63) is 23.2 Å². The van der Waals surface area contributed by atoms with Crippen molar-refractivity contribution < 1.29 is 14.9 Å². The molecule has 0 radical (unpaired) electrons. The number of hydrogen-bond acceptors (Lipinski definition) is 7. The molecule has 0 aliphatic carbocycles. The number of benzene rings is 1. The zero-order valence-corrected chi connectivity index (χ0v) is 18.4. The summed E-state index contributed by atoms with van der Waals surface area (Å²) in [7, 11) is 0. The zero-order chi connectivity index (χ0) is 19.6. The molecule has 2 heterocycles. The highest BCUT2D eigenvalue weighted by atomic mass is 35.5. The molecule has 1 saturated heterocycles. The van der Waals surface area contributed by atoms with Gasteiger partial charge in [-0.2, -0.15) is 11.8 Å². The molecule has 152 valence electrons. The lowest BCUT2D eigenvalue weighted by Gasteiger charge is -2.50. The normalized spacial score (nSPS) is 30.3. The minimum absolute atomic E-state index is 0.233. The Bertz CT molecular complexity index is 635. The summed E-state index contributed by atoms with van der Waals surface area (Å²) in [6.07, 6.45) is -0.381. The summed E-state index contributed by atoms with van der Waals surface area (Å²) in [5.74, 6) is 0.651. The zero-order valence-electron chi connectivity index (χ0n) is 16.0. The van der Waals surface area contributed by atoms with Gasteiger partial charge in [0.25, 0.3) is 0 Å². The van der Waals surface area contributed by atoms with E-state index in [1.165, 1.54) is 0 Å². The standard InChI is InChI=1S/C19H29ClN2O3S2/c1-4-21(5-2)8-9-22-13-10-12(20)6-7-15(13)27-18-17(24)16(23)14(11-26-3)25-19(18)22/h6-7,10,14,16-19,23-24H,4-5,8-9,11H2,1-3H3/t14-,16-,17+,18+,19-/m1/s1. The molecular formula is C19H29ClN2O3S2. The van der Waals surface area contributed by atoms with Gasteiger partial charge in [-0.1, -0.05) is 25.4 Å². The molecule has 27 heavy (non-hydrogen) atoms. The van der Waals surface area contributed by atoms with Crippen molar-refractivity contribution in [1.82, 2.24) is 4.90 Å². The van der Waals surface area contributed by atoms with Crippen LogP contribution in [0.15, 0.2) is 23.1 Å². The summed E-state index contributed by atoms with van der Waals surface area (Å²) in [6.45, 7) is 8.00. The van der Waals surface area contributed by atoms with Crippen molar-refractivity contribution in [2.75, 3.05) is 43.1 Å². The Balaban J connectivity index is 1.92. The Kier molecular flexibility index (Phi) is 7.64. The van der Waals surface area contributed by atoms with Gasteiger partial charge in [0.15, 0.2) is 0 Å². The van der Waals surface area contributed by atoms with Gasteiger partial charge in [-0.3, -0.25) is 0 Å². The molecule has 8 heteroatoms. The Morgan fingerprint density at radius 3 is 2.67 bits per heavy atom. The van der Waals surface area contributed by atoms with Crippen LogP contribution in [0.2, 0.25) is 5.02 Å². The van der Waals surface area contributed by atoms with E-state index in [4.69, 9.17) is 16.3 Å². The molecule has 2 aliphatic heterocycles. The van der Waals surface area contributed by atoms with Crippen molar-refractivity contribution in [3.8, 4) is 0 Å². The maximum absolute atomic E-state index is 10.8. The lowest BCUT2D eigenvalue weighted by atomic mass is 9.99. The van der Waals surface area contributed by atoms with E-state index in [9.17, 15) is 10.2 Å². The largest absolute Gasteiger partial charge is 0.389 e. The van der Waals surface area contributed by atoms with Crippen molar-refractivity contribution in [2.45, 2.75) is 48.5 Å². The first-order valence-electron chi connectivity index (χ1n) is 9.45. The van der Waals surface area contributed by atoms with Crippen LogP contribution in [0, 0.1) is 0 Å². The maximum atomic E-state index is 10.8. The molecule has 1 fully saturated rings. The van der Waals surface area contributed by atoms with Crippen LogP contribution in [-0.2, 0) is 4.74 Å². The maximum Gasteiger partial charge on any atom is 0.145 e. The van der Waals surface area contributed by atoms with E-state index in [0.717, 1.165) is 36.8 Å². The number of nitrogens with zero attached hydrogens (tertiary/aromatic N) is 2. The first-order valence-corrected chi connectivity index (χ1v) is 12.1. The van der Waals surface area contributed by atoms with Crippen LogP contribution < -0.4 is 4.90 Å². The topological polar surface area (TPSA) is 56.2 Å². The fourth-order valence-electron chi connectivity index (χ4n) is 3.74. The number of aliphatic hydroxyl groups excluding tert-OH is 2. The molecular weight excluding hydrogens is 404 g/mol. The van der Waals surface area contributed by atoms with Gasteiger partial charge in [-0.25, -0.2) is 0 Å². The Hall–Kier alpha value is -0.150. The molecule has 5 atom stereocenters. The Morgan fingerprint density at radius 1 is 1.26 bits per heavy atom. The third-order valence-electron chi connectivity index (χ3n) is 5.35. The van der Waals surface area contributed by atoms with Gasteiger partial charge in [-0.05, 0) is 37.5 Å². The number of ether oxygens (including phenoxy) is 1. The fourth-order valence-corrected chi connectivity index (χ4v) is 5.87. The van der Waals surface area contributed by atoms with E-state index in [1.54, 1.807) is 23.5 Å². The molecule has 0 bridgehead atoms. The predicted octanol–water partition coefficient (Wildman–Crippen LogP) is 2.77.